The third-order valence-electron chi connectivity index (χ3n) is 4.79. The summed E-state index contributed by atoms with van der Waals surface area (Å²) < 4.78 is 0. The van der Waals surface area contributed by atoms with Crippen LogP contribution in [0.1, 0.15) is 54.2 Å². The average molecular weight is 321 g/mol. The maximum absolute atomic E-state index is 10.9. The van der Waals surface area contributed by atoms with Crippen molar-refractivity contribution in [2.45, 2.75) is 39.2 Å². The van der Waals surface area contributed by atoms with Crippen molar-refractivity contribution in [3.05, 3.63) is 70.8 Å². The van der Waals surface area contributed by atoms with E-state index in [4.69, 9.17) is 5.11 Å². The summed E-state index contributed by atoms with van der Waals surface area (Å²) in [5.74, 6) is -0.894. The lowest BCUT2D eigenvalue weighted by Gasteiger charge is -2.31. The molecule has 0 heterocycles. The summed E-state index contributed by atoms with van der Waals surface area (Å²) in [4.78, 5) is 10.9. The second-order valence-electron chi connectivity index (χ2n) is 7.09. The standard InChI is InChI=1S/C21H23NO2/c1-14-10-11-21(2,3)19-9-8-17(12-18(14)19)22-13-15-4-6-16(7-5-15)20(23)24/h4-10,12,22H,11,13H2,1-3H3,(H,23,24). The fourth-order valence-corrected chi connectivity index (χ4v) is 3.17. The quantitative estimate of drug-likeness (QED) is 0.825. The molecule has 3 nitrogen and oxygen atoms in total. The molecule has 0 aromatic heterocycles. The van der Waals surface area contributed by atoms with Gasteiger partial charge in [0.2, 0.25) is 0 Å². The van der Waals surface area contributed by atoms with Crippen molar-refractivity contribution in [3.8, 4) is 0 Å². The Labute approximate surface area is 143 Å². The smallest absolute Gasteiger partial charge is 0.335 e. The number of hydrogen-bond donors (Lipinski definition) is 2. The van der Waals surface area contributed by atoms with E-state index in [0.717, 1.165) is 17.7 Å². The van der Waals surface area contributed by atoms with Crippen LogP contribution in [0.2, 0.25) is 0 Å². The van der Waals surface area contributed by atoms with Crippen LogP contribution in [-0.4, -0.2) is 11.1 Å². The van der Waals surface area contributed by atoms with E-state index in [9.17, 15) is 4.79 Å². The summed E-state index contributed by atoms with van der Waals surface area (Å²) in [7, 11) is 0. The monoisotopic (exact) mass is 321 g/mol. The number of nitrogens with one attached hydrogen (secondary N) is 1. The first kappa shape index (κ1) is 16.3. The predicted molar refractivity (Wildman–Crippen MR) is 98.5 cm³/mol. The van der Waals surface area contributed by atoms with Crippen LogP contribution in [-0.2, 0) is 12.0 Å². The lowest BCUT2D eigenvalue weighted by molar-refractivity contribution is 0.0697. The van der Waals surface area contributed by atoms with Crippen molar-refractivity contribution in [3.63, 3.8) is 0 Å². The van der Waals surface area contributed by atoms with E-state index in [1.165, 1.54) is 16.7 Å². The van der Waals surface area contributed by atoms with Gasteiger partial charge < -0.3 is 10.4 Å². The van der Waals surface area contributed by atoms with E-state index in [1.807, 2.05) is 12.1 Å². The molecule has 0 amide bonds. The van der Waals surface area contributed by atoms with Crippen LogP contribution in [0.5, 0.6) is 0 Å². The van der Waals surface area contributed by atoms with Crippen molar-refractivity contribution < 1.29 is 9.90 Å². The third kappa shape index (κ3) is 3.21. The predicted octanol–water partition coefficient (Wildman–Crippen LogP) is 5.08. The summed E-state index contributed by atoms with van der Waals surface area (Å²) in [6.45, 7) is 7.41. The van der Waals surface area contributed by atoms with Gasteiger partial charge >= 0.3 is 5.97 Å². The van der Waals surface area contributed by atoms with Crippen LogP contribution in [0, 0.1) is 0 Å². The molecule has 0 unspecified atom stereocenters. The first-order chi connectivity index (χ1) is 11.4. The molecule has 1 aliphatic rings. The van der Waals surface area contributed by atoms with Crippen molar-refractivity contribution in [2.24, 2.45) is 0 Å². The summed E-state index contributed by atoms with van der Waals surface area (Å²) in [6, 6.07) is 13.6. The van der Waals surface area contributed by atoms with Gasteiger partial charge in [-0.2, -0.15) is 0 Å². The van der Waals surface area contributed by atoms with Crippen molar-refractivity contribution in [1.29, 1.82) is 0 Å². The number of carboxylic acid groups (broad SMARTS) is 1. The summed E-state index contributed by atoms with van der Waals surface area (Å²) in [6.07, 6.45) is 3.39. The highest BCUT2D eigenvalue weighted by atomic mass is 16.4. The minimum absolute atomic E-state index is 0.181. The average Bonchev–Trinajstić information content (AvgIpc) is 2.57. The Morgan fingerprint density at radius 1 is 1.17 bits per heavy atom. The van der Waals surface area contributed by atoms with E-state index in [2.05, 4.69) is 50.4 Å². The zero-order chi connectivity index (χ0) is 17.3. The van der Waals surface area contributed by atoms with Crippen LogP contribution < -0.4 is 5.32 Å². The second-order valence-corrected chi connectivity index (χ2v) is 7.09. The number of allylic oxidation sites excluding steroid dienone is 2. The molecule has 0 aliphatic heterocycles. The fourth-order valence-electron chi connectivity index (χ4n) is 3.17. The number of benzene rings is 2. The number of carboxylic acids is 1. The van der Waals surface area contributed by atoms with Gasteiger partial charge in [0, 0.05) is 12.2 Å². The molecule has 2 N–H and O–H groups in total. The lowest BCUT2D eigenvalue weighted by atomic mass is 9.73. The lowest BCUT2D eigenvalue weighted by Crippen LogP contribution is -2.21. The molecular formula is C21H23NO2. The molecule has 0 bridgehead atoms. The second kappa shape index (κ2) is 6.16. The maximum Gasteiger partial charge on any atom is 0.335 e. The van der Waals surface area contributed by atoms with Gasteiger partial charge in [-0.25, -0.2) is 4.79 Å². The Morgan fingerprint density at radius 2 is 1.88 bits per heavy atom. The largest absolute Gasteiger partial charge is 0.478 e. The molecule has 3 rings (SSSR count). The van der Waals surface area contributed by atoms with Gasteiger partial charge in [-0.1, -0.05) is 38.1 Å². The number of anilines is 1. The van der Waals surface area contributed by atoms with Crippen LogP contribution in [0.15, 0.2) is 48.5 Å². The van der Waals surface area contributed by atoms with Gasteiger partial charge in [0.25, 0.3) is 0 Å². The number of carbonyl (C=O) groups is 1. The molecular weight excluding hydrogens is 298 g/mol. The van der Waals surface area contributed by atoms with E-state index in [-0.39, 0.29) is 5.41 Å². The van der Waals surface area contributed by atoms with Gasteiger partial charge in [0.15, 0.2) is 0 Å². The molecule has 0 spiro atoms. The molecule has 2 aromatic rings. The van der Waals surface area contributed by atoms with E-state index in [1.54, 1.807) is 12.1 Å². The van der Waals surface area contributed by atoms with Gasteiger partial charge in [0.05, 0.1) is 5.56 Å². The van der Waals surface area contributed by atoms with Crippen LogP contribution in [0.4, 0.5) is 5.69 Å². The van der Waals surface area contributed by atoms with E-state index in [0.29, 0.717) is 12.1 Å². The Kier molecular flexibility index (Phi) is 4.18. The van der Waals surface area contributed by atoms with Crippen molar-refractivity contribution in [1.82, 2.24) is 0 Å². The first-order valence-electron chi connectivity index (χ1n) is 8.24. The highest BCUT2D eigenvalue weighted by molar-refractivity contribution is 5.87. The fraction of sp³-hybridized carbons (Fsp3) is 0.286. The maximum atomic E-state index is 10.9. The van der Waals surface area contributed by atoms with Crippen LogP contribution in [0.3, 0.4) is 0 Å². The molecule has 1 aliphatic carbocycles. The normalized spacial score (nSPS) is 15.4. The van der Waals surface area contributed by atoms with Gasteiger partial charge in [0.1, 0.15) is 0 Å². The van der Waals surface area contributed by atoms with Crippen molar-refractivity contribution in [2.75, 3.05) is 5.32 Å². The zero-order valence-corrected chi connectivity index (χ0v) is 14.4. The minimum Gasteiger partial charge on any atom is -0.478 e. The summed E-state index contributed by atoms with van der Waals surface area (Å²) in [5, 5.41) is 12.4. The molecule has 0 saturated carbocycles. The Balaban J connectivity index is 1.76. The molecule has 2 aromatic carbocycles. The number of rotatable bonds is 4. The minimum atomic E-state index is -0.894. The summed E-state index contributed by atoms with van der Waals surface area (Å²) in [5.41, 5.74) is 6.69. The van der Waals surface area contributed by atoms with Gasteiger partial charge in [-0.3, -0.25) is 0 Å². The molecule has 0 atom stereocenters. The Morgan fingerprint density at radius 3 is 2.54 bits per heavy atom. The molecule has 0 saturated heterocycles. The van der Waals surface area contributed by atoms with E-state index < -0.39 is 5.97 Å². The third-order valence-corrected chi connectivity index (χ3v) is 4.79. The number of aromatic carboxylic acids is 1. The molecule has 124 valence electrons. The highest BCUT2D eigenvalue weighted by Gasteiger charge is 2.26. The van der Waals surface area contributed by atoms with Gasteiger partial charge in [-0.15, -0.1) is 0 Å². The summed E-state index contributed by atoms with van der Waals surface area (Å²) >= 11 is 0. The van der Waals surface area contributed by atoms with Gasteiger partial charge in [-0.05, 0) is 65.3 Å². The molecule has 3 heteroatoms. The topological polar surface area (TPSA) is 49.3 Å². The van der Waals surface area contributed by atoms with Crippen LogP contribution in [0.25, 0.3) is 5.57 Å². The molecule has 0 radical (unpaired) electrons. The highest BCUT2D eigenvalue weighted by Crippen LogP contribution is 2.39. The Hall–Kier alpha value is -2.55. The number of hydrogen-bond acceptors (Lipinski definition) is 2. The number of fused-ring (bicyclic) bond motifs is 1. The van der Waals surface area contributed by atoms with E-state index >= 15 is 0 Å². The SMILES string of the molecule is CC1=CCC(C)(C)c2ccc(NCc3ccc(C(=O)O)cc3)cc21. The first-order valence-corrected chi connectivity index (χ1v) is 8.24. The zero-order valence-electron chi connectivity index (χ0n) is 14.4. The molecule has 0 fully saturated rings. The Bertz CT molecular complexity index is 801. The van der Waals surface area contributed by atoms with Crippen molar-refractivity contribution >= 4 is 17.2 Å². The molecule has 24 heavy (non-hydrogen) atoms. The van der Waals surface area contributed by atoms with Crippen LogP contribution >= 0.6 is 0 Å².